The van der Waals surface area contributed by atoms with Gasteiger partial charge in [-0.15, -0.1) is 0 Å². The fraction of sp³-hybridized carbons (Fsp3) is 0.250. The molecule has 2 unspecified atom stereocenters. The van der Waals surface area contributed by atoms with Crippen LogP contribution >= 0.6 is 0 Å². The van der Waals surface area contributed by atoms with Crippen molar-refractivity contribution in [2.24, 2.45) is 0 Å². The van der Waals surface area contributed by atoms with Crippen LogP contribution in [-0.2, 0) is 11.4 Å². The molecule has 2 N–H and O–H groups in total. The van der Waals surface area contributed by atoms with Crippen molar-refractivity contribution in [3.63, 3.8) is 0 Å². The minimum atomic E-state index is -0.318. The summed E-state index contributed by atoms with van der Waals surface area (Å²) in [6.45, 7) is 4.46. The number of methoxy groups -OCH3 is 1. The molecular formula is C36H36N2O4. The van der Waals surface area contributed by atoms with Gasteiger partial charge in [-0.2, -0.15) is 0 Å². The van der Waals surface area contributed by atoms with Crippen LogP contribution in [0.5, 0.6) is 17.2 Å². The van der Waals surface area contributed by atoms with Crippen molar-refractivity contribution in [2.75, 3.05) is 17.7 Å². The molecule has 2 aliphatic rings. The molecule has 0 bridgehead atoms. The molecule has 1 aliphatic carbocycles. The molecule has 0 saturated carbocycles. The van der Waals surface area contributed by atoms with Crippen LogP contribution in [0.15, 0.2) is 108 Å². The second-order valence-electron chi connectivity index (χ2n) is 11.1. The number of allylic oxidation sites excluding steroid dienone is 1. The zero-order chi connectivity index (χ0) is 29.1. The number of para-hydroxylation sites is 2. The number of hydrogen-bond donors (Lipinski definition) is 2. The number of hydrogen-bond acceptors (Lipinski definition) is 6. The van der Waals surface area contributed by atoms with E-state index in [0.717, 1.165) is 45.1 Å². The van der Waals surface area contributed by atoms with E-state index in [2.05, 4.69) is 22.8 Å². The van der Waals surface area contributed by atoms with E-state index in [1.165, 1.54) is 0 Å². The molecule has 42 heavy (non-hydrogen) atoms. The predicted molar refractivity (Wildman–Crippen MR) is 166 cm³/mol. The first kappa shape index (κ1) is 27.5. The van der Waals surface area contributed by atoms with Gasteiger partial charge in [0.05, 0.1) is 30.6 Å². The SMILES string of the molecule is COc1cc(C2CC(=O)C3=C(C2)Nc2ccccc2NC3c2cccc(OCc3ccccc3)c2)ccc1OC(C)C. The summed E-state index contributed by atoms with van der Waals surface area (Å²) in [4.78, 5) is 14.0. The van der Waals surface area contributed by atoms with E-state index in [0.29, 0.717) is 30.9 Å². The summed E-state index contributed by atoms with van der Waals surface area (Å²) >= 11 is 0. The van der Waals surface area contributed by atoms with Crippen LogP contribution in [0.3, 0.4) is 0 Å². The Balaban J connectivity index is 1.33. The van der Waals surface area contributed by atoms with Gasteiger partial charge in [0.25, 0.3) is 0 Å². The lowest BCUT2D eigenvalue weighted by Gasteiger charge is -2.30. The molecular weight excluding hydrogens is 524 g/mol. The third-order valence-corrected chi connectivity index (χ3v) is 7.77. The molecule has 0 amide bonds. The van der Waals surface area contributed by atoms with Crippen LogP contribution in [0.1, 0.15) is 55.3 Å². The molecule has 0 radical (unpaired) electrons. The first-order chi connectivity index (χ1) is 20.5. The summed E-state index contributed by atoms with van der Waals surface area (Å²) in [5, 5.41) is 7.30. The molecule has 1 heterocycles. The van der Waals surface area contributed by atoms with E-state index in [9.17, 15) is 4.79 Å². The summed E-state index contributed by atoms with van der Waals surface area (Å²) in [6, 6.07) is 32.0. The molecule has 0 fully saturated rings. The third kappa shape index (κ3) is 5.84. The van der Waals surface area contributed by atoms with Crippen molar-refractivity contribution in [3.8, 4) is 17.2 Å². The quantitative estimate of drug-likeness (QED) is 0.227. The highest BCUT2D eigenvalue weighted by Gasteiger charge is 2.36. The zero-order valence-corrected chi connectivity index (χ0v) is 24.2. The molecule has 0 spiro atoms. The number of rotatable bonds is 8. The highest BCUT2D eigenvalue weighted by atomic mass is 16.5. The molecule has 2 atom stereocenters. The molecule has 6 heteroatoms. The summed E-state index contributed by atoms with van der Waals surface area (Å²) in [6.07, 6.45) is 1.15. The first-order valence-corrected chi connectivity index (χ1v) is 14.5. The molecule has 6 nitrogen and oxygen atoms in total. The number of fused-ring (bicyclic) bond motifs is 1. The summed E-state index contributed by atoms with van der Waals surface area (Å²) in [5.74, 6) is 2.29. The minimum absolute atomic E-state index is 0.0113. The number of Topliss-reactive ketones (excluding diaryl/α,β-unsaturated/α-hetero) is 1. The van der Waals surface area contributed by atoms with Crippen LogP contribution in [0, 0.1) is 0 Å². The van der Waals surface area contributed by atoms with Gasteiger partial charge in [0, 0.05) is 17.7 Å². The standard InChI is InChI=1S/C36H36N2O4/c1-23(2)42-33-17-16-25(21-34(33)40-3)27-19-31-35(32(39)20-27)36(38-30-15-8-7-14-29(30)37-31)26-12-9-13-28(18-26)41-22-24-10-5-4-6-11-24/h4-18,21,23,27,36-38H,19-20,22H2,1-3H3. The third-order valence-electron chi connectivity index (χ3n) is 7.77. The Hall–Kier alpha value is -4.71. The van der Waals surface area contributed by atoms with Crippen LogP contribution in [-0.4, -0.2) is 19.0 Å². The molecule has 0 aromatic heterocycles. The van der Waals surface area contributed by atoms with Crippen LogP contribution in [0.25, 0.3) is 0 Å². The number of nitrogens with one attached hydrogen (secondary N) is 2. The number of ether oxygens (including phenoxy) is 3. The van der Waals surface area contributed by atoms with Crippen molar-refractivity contribution >= 4 is 17.2 Å². The molecule has 4 aromatic rings. The van der Waals surface area contributed by atoms with Crippen molar-refractivity contribution < 1.29 is 19.0 Å². The van der Waals surface area contributed by atoms with Gasteiger partial charge in [0.1, 0.15) is 12.4 Å². The van der Waals surface area contributed by atoms with Crippen LogP contribution < -0.4 is 24.8 Å². The molecule has 6 rings (SSSR count). The predicted octanol–water partition coefficient (Wildman–Crippen LogP) is 8.04. The van der Waals surface area contributed by atoms with Gasteiger partial charge in [-0.1, -0.05) is 60.7 Å². The van der Waals surface area contributed by atoms with E-state index < -0.39 is 0 Å². The molecule has 1 aliphatic heterocycles. The molecule has 214 valence electrons. The van der Waals surface area contributed by atoms with Crippen molar-refractivity contribution in [1.29, 1.82) is 0 Å². The fourth-order valence-corrected chi connectivity index (χ4v) is 5.79. The monoisotopic (exact) mass is 560 g/mol. The molecule has 0 saturated heterocycles. The number of carbonyl (C=O) groups excluding carboxylic acids is 1. The maximum atomic E-state index is 14.0. The van der Waals surface area contributed by atoms with Gasteiger partial charge in [-0.3, -0.25) is 4.79 Å². The highest BCUT2D eigenvalue weighted by Crippen LogP contribution is 2.45. The van der Waals surface area contributed by atoms with E-state index in [1.54, 1.807) is 7.11 Å². The number of anilines is 2. The van der Waals surface area contributed by atoms with E-state index in [4.69, 9.17) is 14.2 Å². The average Bonchev–Trinajstić information content (AvgIpc) is 3.18. The number of carbonyl (C=O) groups is 1. The lowest BCUT2D eigenvalue weighted by molar-refractivity contribution is -0.116. The van der Waals surface area contributed by atoms with Gasteiger partial charge in [0.15, 0.2) is 17.3 Å². The highest BCUT2D eigenvalue weighted by molar-refractivity contribution is 6.01. The van der Waals surface area contributed by atoms with Gasteiger partial charge in [-0.05, 0) is 79.3 Å². The number of ketones is 1. The van der Waals surface area contributed by atoms with Crippen LogP contribution in [0.2, 0.25) is 0 Å². The maximum absolute atomic E-state index is 14.0. The normalized spacial score (nSPS) is 17.9. The smallest absolute Gasteiger partial charge is 0.163 e. The van der Waals surface area contributed by atoms with Crippen molar-refractivity contribution in [2.45, 2.75) is 51.4 Å². The van der Waals surface area contributed by atoms with E-state index >= 15 is 0 Å². The number of benzene rings is 4. The second-order valence-corrected chi connectivity index (χ2v) is 11.1. The van der Waals surface area contributed by atoms with E-state index in [1.807, 2.05) is 98.8 Å². The van der Waals surface area contributed by atoms with Gasteiger partial charge < -0.3 is 24.8 Å². The Morgan fingerprint density at radius 3 is 2.38 bits per heavy atom. The minimum Gasteiger partial charge on any atom is -0.493 e. The lowest BCUT2D eigenvalue weighted by Crippen LogP contribution is -2.27. The lowest BCUT2D eigenvalue weighted by atomic mass is 9.78. The van der Waals surface area contributed by atoms with Crippen LogP contribution in [0.4, 0.5) is 11.4 Å². The van der Waals surface area contributed by atoms with Gasteiger partial charge >= 0.3 is 0 Å². The Morgan fingerprint density at radius 2 is 1.60 bits per heavy atom. The molecule has 4 aromatic carbocycles. The van der Waals surface area contributed by atoms with Gasteiger partial charge in [-0.25, -0.2) is 0 Å². The Morgan fingerprint density at radius 1 is 0.810 bits per heavy atom. The van der Waals surface area contributed by atoms with E-state index in [-0.39, 0.29) is 23.8 Å². The van der Waals surface area contributed by atoms with Gasteiger partial charge in [0.2, 0.25) is 0 Å². The Kier molecular flexibility index (Phi) is 7.87. The Bertz CT molecular complexity index is 1610. The summed E-state index contributed by atoms with van der Waals surface area (Å²) in [5.41, 5.74) is 6.76. The van der Waals surface area contributed by atoms with Crippen molar-refractivity contribution in [3.05, 3.63) is 125 Å². The first-order valence-electron chi connectivity index (χ1n) is 14.5. The average molecular weight is 561 g/mol. The Labute approximate surface area is 247 Å². The maximum Gasteiger partial charge on any atom is 0.163 e. The zero-order valence-electron chi connectivity index (χ0n) is 24.2. The topological polar surface area (TPSA) is 68.8 Å². The largest absolute Gasteiger partial charge is 0.493 e. The summed E-state index contributed by atoms with van der Waals surface area (Å²) < 4.78 is 17.7. The second kappa shape index (κ2) is 12.0. The fourth-order valence-electron chi connectivity index (χ4n) is 5.79. The van der Waals surface area contributed by atoms with Crippen molar-refractivity contribution in [1.82, 2.24) is 0 Å². The summed E-state index contributed by atoms with van der Waals surface area (Å²) in [7, 11) is 1.65.